The van der Waals surface area contributed by atoms with E-state index in [1.54, 1.807) is 17.5 Å². The number of nitrogens with one attached hydrogen (secondary N) is 1. The summed E-state index contributed by atoms with van der Waals surface area (Å²) in [5.74, 6) is 0.254. The van der Waals surface area contributed by atoms with Gasteiger partial charge in [-0.15, -0.1) is 22.7 Å². The van der Waals surface area contributed by atoms with E-state index in [0.717, 1.165) is 21.3 Å². The molecule has 0 spiro atoms. The number of aromatic nitrogens is 2. The van der Waals surface area contributed by atoms with Gasteiger partial charge >= 0.3 is 0 Å². The van der Waals surface area contributed by atoms with Gasteiger partial charge in [-0.2, -0.15) is 0 Å². The molecule has 0 atom stereocenters. The molecule has 0 radical (unpaired) electrons. The van der Waals surface area contributed by atoms with Gasteiger partial charge < -0.3 is 5.32 Å². The smallest absolute Gasteiger partial charge is 0.263 e. The summed E-state index contributed by atoms with van der Waals surface area (Å²) >= 11 is 9.13. The van der Waals surface area contributed by atoms with Gasteiger partial charge in [-0.3, -0.25) is 4.79 Å². The molecule has 0 aliphatic carbocycles. The molecule has 7 heteroatoms. The molecule has 2 heterocycles. The van der Waals surface area contributed by atoms with Crippen LogP contribution in [0.25, 0.3) is 10.6 Å². The Kier molecular flexibility index (Phi) is 5.28. The Balaban J connectivity index is 1.66. The average Bonchev–Trinajstić information content (AvgIpc) is 3.22. The van der Waals surface area contributed by atoms with Crippen molar-refractivity contribution in [3.63, 3.8) is 0 Å². The molecular formula is C17H16ClN3OS2. The lowest BCUT2D eigenvalue weighted by atomic mass is 10.2. The van der Waals surface area contributed by atoms with Crippen molar-refractivity contribution in [2.24, 2.45) is 0 Å². The Bertz CT molecular complexity index is 857. The highest BCUT2D eigenvalue weighted by Gasteiger charge is 2.14. The Morgan fingerprint density at radius 3 is 2.83 bits per heavy atom. The van der Waals surface area contributed by atoms with Crippen molar-refractivity contribution in [3.05, 3.63) is 56.4 Å². The van der Waals surface area contributed by atoms with E-state index >= 15 is 0 Å². The van der Waals surface area contributed by atoms with Crippen LogP contribution < -0.4 is 5.32 Å². The molecule has 3 aromatic rings. The molecule has 0 fully saturated rings. The zero-order valence-corrected chi connectivity index (χ0v) is 15.6. The van der Waals surface area contributed by atoms with Crippen LogP contribution in [0.5, 0.6) is 0 Å². The van der Waals surface area contributed by atoms with E-state index < -0.39 is 0 Å². The number of amides is 1. The molecule has 3 rings (SSSR count). The topological polar surface area (TPSA) is 54.9 Å². The second kappa shape index (κ2) is 7.42. The molecule has 124 valence electrons. The van der Waals surface area contributed by atoms with E-state index in [0.29, 0.717) is 22.4 Å². The number of hydrogen-bond acceptors (Lipinski definition) is 5. The quantitative estimate of drug-likeness (QED) is 0.682. The maximum Gasteiger partial charge on any atom is 0.263 e. The molecule has 0 bridgehead atoms. The number of halogens is 1. The highest BCUT2D eigenvalue weighted by molar-refractivity contribution is 7.17. The summed E-state index contributed by atoms with van der Waals surface area (Å²) in [6, 6.07) is 7.47. The number of nitrogens with zero attached hydrogens (tertiary/aromatic N) is 2. The molecule has 24 heavy (non-hydrogen) atoms. The van der Waals surface area contributed by atoms with Crippen molar-refractivity contribution in [2.75, 3.05) is 0 Å². The third-order valence-corrected chi connectivity index (χ3v) is 5.88. The summed E-state index contributed by atoms with van der Waals surface area (Å²) in [5.41, 5.74) is 1.72. The van der Waals surface area contributed by atoms with Gasteiger partial charge in [-0.25, -0.2) is 9.97 Å². The predicted molar refractivity (Wildman–Crippen MR) is 99.9 cm³/mol. The molecule has 0 unspecified atom stereocenters. The number of carbonyl (C=O) groups excluding carboxylic acids is 1. The number of thiazole rings is 2. The fourth-order valence-corrected chi connectivity index (χ4v) is 4.05. The second-order valence-corrected chi connectivity index (χ2v) is 7.85. The van der Waals surface area contributed by atoms with Crippen LogP contribution >= 0.6 is 34.3 Å². The first kappa shape index (κ1) is 17.1. The third-order valence-electron chi connectivity index (χ3n) is 3.33. The Labute approximate surface area is 153 Å². The van der Waals surface area contributed by atoms with Gasteiger partial charge in [0.05, 0.1) is 28.5 Å². The first-order valence-electron chi connectivity index (χ1n) is 7.48. The van der Waals surface area contributed by atoms with Gasteiger partial charge in [0.1, 0.15) is 9.88 Å². The number of hydrogen-bond donors (Lipinski definition) is 1. The van der Waals surface area contributed by atoms with E-state index in [2.05, 4.69) is 29.1 Å². The highest BCUT2D eigenvalue weighted by Crippen LogP contribution is 2.30. The lowest BCUT2D eigenvalue weighted by Crippen LogP contribution is -2.22. The van der Waals surface area contributed by atoms with Gasteiger partial charge in [-0.1, -0.05) is 43.6 Å². The van der Waals surface area contributed by atoms with Crippen molar-refractivity contribution < 1.29 is 4.79 Å². The number of rotatable bonds is 5. The predicted octanol–water partition coefficient (Wildman–Crippen LogP) is 4.97. The average molecular weight is 378 g/mol. The normalized spacial score (nSPS) is 11.0. The standard InChI is InChI=1S/C17H16ClN3OS2/c1-10(2)16-21-11(9-23-16)7-19-15(22)14-8-20-17(24-14)12-5-3-4-6-13(12)18/h3-6,8-10H,7H2,1-2H3,(H,19,22). The molecule has 0 saturated heterocycles. The van der Waals surface area contributed by atoms with E-state index in [-0.39, 0.29) is 5.91 Å². The third kappa shape index (κ3) is 3.83. The minimum Gasteiger partial charge on any atom is -0.346 e. The van der Waals surface area contributed by atoms with Gasteiger partial charge in [-0.05, 0) is 6.07 Å². The highest BCUT2D eigenvalue weighted by atomic mass is 35.5. The van der Waals surface area contributed by atoms with Crippen LogP contribution in [0.1, 0.15) is 40.1 Å². The van der Waals surface area contributed by atoms with Crippen molar-refractivity contribution in [1.82, 2.24) is 15.3 Å². The van der Waals surface area contributed by atoms with Gasteiger partial charge in [0.15, 0.2) is 0 Å². The van der Waals surface area contributed by atoms with E-state index in [1.807, 2.05) is 29.6 Å². The summed E-state index contributed by atoms with van der Waals surface area (Å²) < 4.78 is 0. The fourth-order valence-electron chi connectivity index (χ4n) is 2.07. The fraction of sp³-hybridized carbons (Fsp3) is 0.235. The van der Waals surface area contributed by atoms with Crippen LogP contribution in [0.4, 0.5) is 0 Å². The Morgan fingerprint density at radius 2 is 2.12 bits per heavy atom. The number of benzene rings is 1. The van der Waals surface area contributed by atoms with Crippen LogP contribution in [0.15, 0.2) is 35.8 Å². The molecule has 0 saturated carbocycles. The zero-order chi connectivity index (χ0) is 17.1. The molecular weight excluding hydrogens is 362 g/mol. The largest absolute Gasteiger partial charge is 0.346 e. The Morgan fingerprint density at radius 1 is 1.33 bits per heavy atom. The summed E-state index contributed by atoms with van der Waals surface area (Å²) in [6.45, 7) is 4.63. The monoisotopic (exact) mass is 377 g/mol. The van der Waals surface area contributed by atoms with Crippen LogP contribution in [0.3, 0.4) is 0 Å². The summed E-state index contributed by atoms with van der Waals surface area (Å²) in [7, 11) is 0. The first-order chi connectivity index (χ1) is 11.5. The lowest BCUT2D eigenvalue weighted by Gasteiger charge is -2.01. The van der Waals surface area contributed by atoms with Crippen molar-refractivity contribution in [2.45, 2.75) is 26.3 Å². The first-order valence-corrected chi connectivity index (χ1v) is 9.55. The van der Waals surface area contributed by atoms with Crippen molar-refractivity contribution >= 4 is 40.2 Å². The van der Waals surface area contributed by atoms with Crippen LogP contribution in [0.2, 0.25) is 5.02 Å². The van der Waals surface area contributed by atoms with Gasteiger partial charge in [0, 0.05) is 16.9 Å². The minimum absolute atomic E-state index is 0.148. The molecule has 1 aromatic carbocycles. The molecule has 1 N–H and O–H groups in total. The maximum absolute atomic E-state index is 12.3. The van der Waals surface area contributed by atoms with Crippen LogP contribution in [0, 0.1) is 0 Å². The second-order valence-electron chi connectivity index (χ2n) is 5.52. The van der Waals surface area contributed by atoms with Gasteiger partial charge in [0.2, 0.25) is 0 Å². The number of carbonyl (C=O) groups is 1. The van der Waals surface area contributed by atoms with E-state index in [1.165, 1.54) is 11.3 Å². The summed E-state index contributed by atoms with van der Waals surface area (Å²) in [6.07, 6.45) is 1.58. The maximum atomic E-state index is 12.3. The molecule has 4 nitrogen and oxygen atoms in total. The summed E-state index contributed by atoms with van der Waals surface area (Å²) in [5, 5.41) is 7.32. The molecule has 0 aliphatic heterocycles. The molecule has 1 amide bonds. The van der Waals surface area contributed by atoms with E-state index in [9.17, 15) is 4.79 Å². The van der Waals surface area contributed by atoms with E-state index in [4.69, 9.17) is 11.6 Å². The van der Waals surface area contributed by atoms with Gasteiger partial charge in [0.25, 0.3) is 5.91 Å². The Hall–Kier alpha value is -1.76. The SMILES string of the molecule is CC(C)c1nc(CNC(=O)c2cnc(-c3ccccc3Cl)s2)cs1. The molecule has 0 aliphatic rings. The van der Waals surface area contributed by atoms with Crippen LogP contribution in [-0.2, 0) is 6.54 Å². The lowest BCUT2D eigenvalue weighted by molar-refractivity contribution is 0.0954. The summed E-state index contributed by atoms with van der Waals surface area (Å²) in [4.78, 5) is 21.7. The zero-order valence-electron chi connectivity index (χ0n) is 13.2. The van der Waals surface area contributed by atoms with Crippen LogP contribution in [-0.4, -0.2) is 15.9 Å². The van der Waals surface area contributed by atoms with Crippen molar-refractivity contribution in [3.8, 4) is 10.6 Å². The van der Waals surface area contributed by atoms with Crippen molar-refractivity contribution in [1.29, 1.82) is 0 Å². The minimum atomic E-state index is -0.148. The molecule has 2 aromatic heterocycles.